The molecule has 0 radical (unpaired) electrons. The number of ketones is 1. The topological polar surface area (TPSA) is 42.2 Å². The fraction of sp³-hybridized carbons (Fsp3) is 0.550. The molecule has 3 rings (SSSR count). The minimum absolute atomic E-state index is 0.0155. The van der Waals surface area contributed by atoms with Gasteiger partial charge in [-0.1, -0.05) is 17.7 Å². The van der Waals surface area contributed by atoms with Crippen LogP contribution in [0, 0.1) is 0 Å². The molecule has 1 aromatic heterocycles. The molecule has 1 aromatic carbocycles. The largest absolute Gasteiger partial charge is 0.390 e. The molecule has 1 N–H and O–H groups in total. The van der Waals surface area contributed by atoms with Crippen LogP contribution in [0.1, 0.15) is 55.3 Å². The van der Waals surface area contributed by atoms with Gasteiger partial charge in [0, 0.05) is 43.0 Å². The van der Waals surface area contributed by atoms with Crippen molar-refractivity contribution in [2.24, 2.45) is 0 Å². The zero-order valence-electron chi connectivity index (χ0n) is 15.5. The third kappa shape index (κ3) is 5.28. The smallest absolute Gasteiger partial charge is 0.390 e. The number of rotatable bonds is 6. The highest BCUT2D eigenvalue weighted by molar-refractivity contribution is 6.37. The van der Waals surface area contributed by atoms with Crippen molar-refractivity contribution in [2.75, 3.05) is 0 Å². The molecule has 9 heteroatoms. The predicted molar refractivity (Wildman–Crippen MR) is 99.5 cm³/mol. The Morgan fingerprint density at radius 2 is 1.83 bits per heavy atom. The van der Waals surface area contributed by atoms with E-state index in [1.165, 1.54) is 10.8 Å². The molecule has 2 aromatic rings. The highest BCUT2D eigenvalue weighted by Gasteiger charge is 2.42. The molecule has 1 aliphatic carbocycles. The average molecular weight is 438 g/mol. The summed E-state index contributed by atoms with van der Waals surface area (Å²) in [6.45, 7) is -0.355. The van der Waals surface area contributed by atoms with Gasteiger partial charge in [-0.25, -0.2) is 8.78 Å². The number of carbonyl (C=O) groups excluding carboxylic acids is 1. The number of nitrogens with zero attached hydrogens (tertiary/aromatic N) is 1. The van der Waals surface area contributed by atoms with Crippen molar-refractivity contribution in [1.82, 2.24) is 4.57 Å². The SMILES string of the molecule is O=C(CCC1(O)CCC(F)(F)CC1)c1cn(CCC(F)(F)F)c2cccc(Cl)c12. The van der Waals surface area contributed by atoms with Crippen LogP contribution in [0.4, 0.5) is 22.0 Å². The number of aromatic nitrogens is 1. The summed E-state index contributed by atoms with van der Waals surface area (Å²) >= 11 is 6.20. The summed E-state index contributed by atoms with van der Waals surface area (Å²) in [4.78, 5) is 12.8. The first-order valence-electron chi connectivity index (χ1n) is 9.37. The fourth-order valence-electron chi connectivity index (χ4n) is 3.76. The lowest BCUT2D eigenvalue weighted by molar-refractivity contribution is -0.136. The number of halogens is 6. The summed E-state index contributed by atoms with van der Waals surface area (Å²) < 4.78 is 65.8. The Hall–Kier alpha value is -1.67. The van der Waals surface area contributed by atoms with E-state index in [0.29, 0.717) is 10.9 Å². The lowest BCUT2D eigenvalue weighted by atomic mass is 9.79. The van der Waals surface area contributed by atoms with Gasteiger partial charge in [-0.2, -0.15) is 13.2 Å². The monoisotopic (exact) mass is 437 g/mol. The van der Waals surface area contributed by atoms with Crippen LogP contribution in [0.15, 0.2) is 24.4 Å². The summed E-state index contributed by atoms with van der Waals surface area (Å²) in [5.41, 5.74) is -0.742. The standard InChI is InChI=1S/C20H21ClF5NO2/c21-14-2-1-3-15-17(14)13(12-27(15)11-10-20(24,25)26)16(28)4-5-18(29)6-8-19(22,23)9-7-18/h1-3,12,29H,4-11H2. The zero-order chi connectivity index (χ0) is 21.4. The van der Waals surface area contributed by atoms with Crippen LogP contribution in [0.5, 0.6) is 0 Å². The molecule has 0 atom stereocenters. The molecule has 0 amide bonds. The Kier molecular flexibility index (Phi) is 5.98. The fourth-order valence-corrected chi connectivity index (χ4v) is 4.04. The van der Waals surface area contributed by atoms with Crippen LogP contribution in [0.3, 0.4) is 0 Å². The number of alkyl halides is 5. The van der Waals surface area contributed by atoms with Gasteiger partial charge >= 0.3 is 6.18 Å². The van der Waals surface area contributed by atoms with Crippen LogP contribution in [0.2, 0.25) is 5.02 Å². The molecule has 0 saturated heterocycles. The number of benzene rings is 1. The second-order valence-corrected chi connectivity index (χ2v) is 8.15. The molecule has 1 saturated carbocycles. The van der Waals surface area contributed by atoms with Crippen LogP contribution < -0.4 is 0 Å². The number of Topliss-reactive ketones (excluding diaryl/α,β-unsaturated/α-hetero) is 1. The molecule has 0 aliphatic heterocycles. The molecule has 1 aliphatic rings. The summed E-state index contributed by atoms with van der Waals surface area (Å²) in [6, 6.07) is 4.73. The quantitative estimate of drug-likeness (QED) is 0.435. The first-order chi connectivity index (χ1) is 13.4. The second kappa shape index (κ2) is 7.87. The minimum atomic E-state index is -4.34. The molecule has 29 heavy (non-hydrogen) atoms. The van der Waals surface area contributed by atoms with E-state index in [1.807, 2.05) is 0 Å². The number of hydrogen-bond acceptors (Lipinski definition) is 2. The number of fused-ring (bicyclic) bond motifs is 1. The average Bonchev–Trinajstić information content (AvgIpc) is 3.01. The Bertz CT molecular complexity index is 896. The minimum Gasteiger partial charge on any atom is -0.390 e. The van der Waals surface area contributed by atoms with E-state index in [0.717, 1.165) is 0 Å². The third-order valence-electron chi connectivity index (χ3n) is 5.52. The maximum atomic E-state index is 13.3. The van der Waals surface area contributed by atoms with Gasteiger partial charge in [0.2, 0.25) is 5.92 Å². The van der Waals surface area contributed by atoms with Crippen molar-refractivity contribution in [3.8, 4) is 0 Å². The van der Waals surface area contributed by atoms with Gasteiger partial charge in [0.05, 0.1) is 22.6 Å². The summed E-state index contributed by atoms with van der Waals surface area (Å²) in [6.07, 6.45) is -5.18. The lowest BCUT2D eigenvalue weighted by Gasteiger charge is -2.35. The van der Waals surface area contributed by atoms with Gasteiger partial charge in [0.1, 0.15) is 0 Å². The van der Waals surface area contributed by atoms with E-state index < -0.39 is 37.0 Å². The molecule has 3 nitrogen and oxygen atoms in total. The van der Waals surface area contributed by atoms with Crippen LogP contribution >= 0.6 is 11.6 Å². The van der Waals surface area contributed by atoms with Gasteiger partial charge in [-0.3, -0.25) is 4.79 Å². The maximum absolute atomic E-state index is 13.3. The Labute approximate surface area is 169 Å². The lowest BCUT2D eigenvalue weighted by Crippen LogP contribution is -2.38. The van der Waals surface area contributed by atoms with Crippen molar-refractivity contribution in [3.63, 3.8) is 0 Å². The number of carbonyl (C=O) groups is 1. The molecular formula is C20H21ClF5NO2. The first-order valence-corrected chi connectivity index (χ1v) is 9.75. The molecule has 1 fully saturated rings. The van der Waals surface area contributed by atoms with Crippen molar-refractivity contribution in [2.45, 2.75) is 69.2 Å². The van der Waals surface area contributed by atoms with E-state index in [2.05, 4.69) is 0 Å². The van der Waals surface area contributed by atoms with Crippen LogP contribution in [-0.4, -0.2) is 33.2 Å². The Morgan fingerprint density at radius 1 is 1.17 bits per heavy atom. The van der Waals surface area contributed by atoms with E-state index >= 15 is 0 Å². The van der Waals surface area contributed by atoms with E-state index in [9.17, 15) is 31.9 Å². The molecule has 0 unspecified atom stereocenters. The van der Waals surface area contributed by atoms with Crippen molar-refractivity contribution in [1.29, 1.82) is 0 Å². The molecule has 1 heterocycles. The molecule has 0 bridgehead atoms. The van der Waals surface area contributed by atoms with Gasteiger partial charge in [-0.05, 0) is 31.4 Å². The van der Waals surface area contributed by atoms with E-state index in [1.54, 1.807) is 18.2 Å². The van der Waals surface area contributed by atoms with Gasteiger partial charge in [-0.15, -0.1) is 0 Å². The van der Waals surface area contributed by atoms with Gasteiger partial charge < -0.3 is 9.67 Å². The zero-order valence-corrected chi connectivity index (χ0v) is 16.3. The van der Waals surface area contributed by atoms with Crippen LogP contribution in [0.25, 0.3) is 10.9 Å². The number of hydrogen-bond donors (Lipinski definition) is 1. The number of aliphatic hydroxyl groups is 1. The Morgan fingerprint density at radius 3 is 2.45 bits per heavy atom. The van der Waals surface area contributed by atoms with E-state index in [4.69, 9.17) is 11.6 Å². The van der Waals surface area contributed by atoms with Crippen molar-refractivity contribution >= 4 is 28.3 Å². The highest BCUT2D eigenvalue weighted by atomic mass is 35.5. The molecular weight excluding hydrogens is 417 g/mol. The van der Waals surface area contributed by atoms with E-state index in [-0.39, 0.29) is 48.6 Å². The predicted octanol–water partition coefficient (Wildman–Crippen LogP) is 6.15. The summed E-state index contributed by atoms with van der Waals surface area (Å²) in [5, 5.41) is 11.1. The second-order valence-electron chi connectivity index (χ2n) is 7.74. The molecule has 0 spiro atoms. The molecule has 160 valence electrons. The number of aryl methyl sites for hydroxylation is 1. The normalized spacial score (nSPS) is 18.9. The highest BCUT2D eigenvalue weighted by Crippen LogP contribution is 2.41. The third-order valence-corrected chi connectivity index (χ3v) is 5.84. The Balaban J connectivity index is 1.79. The van der Waals surface area contributed by atoms with Gasteiger partial charge in [0.15, 0.2) is 5.78 Å². The maximum Gasteiger partial charge on any atom is 0.390 e. The first kappa shape index (κ1) is 22.0. The van der Waals surface area contributed by atoms with Crippen LogP contribution in [-0.2, 0) is 6.54 Å². The summed E-state index contributed by atoms with van der Waals surface area (Å²) in [5.74, 6) is -3.19. The van der Waals surface area contributed by atoms with Crippen molar-refractivity contribution < 1.29 is 31.9 Å². The summed E-state index contributed by atoms with van der Waals surface area (Å²) in [7, 11) is 0. The van der Waals surface area contributed by atoms with Gasteiger partial charge in [0.25, 0.3) is 0 Å². The van der Waals surface area contributed by atoms with Crippen molar-refractivity contribution in [3.05, 3.63) is 35.0 Å².